The Balaban J connectivity index is 1.83. The van der Waals surface area contributed by atoms with Gasteiger partial charge in [0.05, 0.1) is 13.2 Å². The maximum atomic E-state index is 11.9. The normalized spacial score (nSPS) is 13.6. The zero-order valence-corrected chi connectivity index (χ0v) is 12.0. The predicted octanol–water partition coefficient (Wildman–Crippen LogP) is 0.296. The molecule has 0 aromatic heterocycles. The highest BCUT2D eigenvalue weighted by Crippen LogP contribution is 2.32. The second-order valence-corrected chi connectivity index (χ2v) is 4.67. The van der Waals surface area contributed by atoms with Crippen molar-refractivity contribution in [1.82, 2.24) is 10.6 Å². The van der Waals surface area contributed by atoms with Crippen LogP contribution in [-0.2, 0) is 9.53 Å². The Labute approximate surface area is 122 Å². The van der Waals surface area contributed by atoms with Gasteiger partial charge in [-0.15, -0.1) is 0 Å². The zero-order valence-electron chi connectivity index (χ0n) is 12.0. The number of ether oxygens (including phenoxy) is 3. The van der Waals surface area contributed by atoms with Crippen LogP contribution in [0.15, 0.2) is 18.2 Å². The van der Waals surface area contributed by atoms with Crippen molar-refractivity contribution in [2.24, 2.45) is 0 Å². The van der Waals surface area contributed by atoms with Crippen molar-refractivity contribution in [3.8, 4) is 11.5 Å². The number of rotatable bonds is 6. The molecule has 2 rings (SSSR count). The molecule has 0 radical (unpaired) electrons. The molecule has 0 bridgehead atoms. The molecule has 7 nitrogen and oxygen atoms in total. The van der Waals surface area contributed by atoms with E-state index >= 15 is 0 Å². The Hall–Kier alpha value is -2.28. The SMILES string of the molecule is COC[C@H](C)NC(=O)CNC(=O)c1ccc2c(c1)OCO2. The van der Waals surface area contributed by atoms with Gasteiger partial charge in [0.1, 0.15) is 0 Å². The van der Waals surface area contributed by atoms with Gasteiger partial charge in [0.2, 0.25) is 12.7 Å². The molecule has 1 aromatic carbocycles. The van der Waals surface area contributed by atoms with Gasteiger partial charge in [-0.2, -0.15) is 0 Å². The molecule has 2 N–H and O–H groups in total. The molecule has 1 aromatic rings. The van der Waals surface area contributed by atoms with Crippen molar-refractivity contribution in [2.75, 3.05) is 27.1 Å². The zero-order chi connectivity index (χ0) is 15.2. The Kier molecular flexibility index (Phi) is 4.99. The second kappa shape index (κ2) is 6.94. The summed E-state index contributed by atoms with van der Waals surface area (Å²) in [5.74, 6) is 0.523. The van der Waals surface area contributed by atoms with Crippen LogP contribution in [0.2, 0.25) is 0 Å². The molecule has 1 heterocycles. The number of carbonyl (C=O) groups excluding carboxylic acids is 2. The van der Waals surface area contributed by atoms with Crippen molar-refractivity contribution >= 4 is 11.8 Å². The van der Waals surface area contributed by atoms with E-state index < -0.39 is 0 Å². The summed E-state index contributed by atoms with van der Waals surface area (Å²) in [5.41, 5.74) is 0.414. The standard InChI is InChI=1S/C14H18N2O5/c1-9(7-19-2)16-13(17)6-15-14(18)10-3-4-11-12(5-10)21-8-20-11/h3-5,9H,6-8H2,1-2H3,(H,15,18)(H,16,17)/t9-/m0/s1. The molecule has 0 saturated carbocycles. The highest BCUT2D eigenvalue weighted by atomic mass is 16.7. The van der Waals surface area contributed by atoms with Gasteiger partial charge in [-0.3, -0.25) is 9.59 Å². The molecule has 114 valence electrons. The van der Waals surface area contributed by atoms with E-state index in [1.807, 2.05) is 6.92 Å². The molecule has 2 amide bonds. The topological polar surface area (TPSA) is 85.9 Å². The predicted molar refractivity (Wildman–Crippen MR) is 74.4 cm³/mol. The van der Waals surface area contributed by atoms with Gasteiger partial charge in [-0.1, -0.05) is 0 Å². The number of carbonyl (C=O) groups is 2. The van der Waals surface area contributed by atoms with E-state index in [4.69, 9.17) is 14.2 Å². The van der Waals surface area contributed by atoms with Gasteiger partial charge in [0.25, 0.3) is 5.91 Å². The summed E-state index contributed by atoms with van der Waals surface area (Å²) in [5, 5.41) is 5.26. The van der Waals surface area contributed by atoms with E-state index in [1.54, 1.807) is 25.3 Å². The molecule has 0 aliphatic carbocycles. The van der Waals surface area contributed by atoms with E-state index in [1.165, 1.54) is 0 Å². The number of fused-ring (bicyclic) bond motifs is 1. The van der Waals surface area contributed by atoms with Crippen LogP contribution in [0.3, 0.4) is 0 Å². The fourth-order valence-electron chi connectivity index (χ4n) is 1.92. The molecule has 0 fully saturated rings. The minimum Gasteiger partial charge on any atom is -0.454 e. The third-order valence-electron chi connectivity index (χ3n) is 2.87. The summed E-state index contributed by atoms with van der Waals surface area (Å²) in [7, 11) is 1.56. The number of amides is 2. The largest absolute Gasteiger partial charge is 0.454 e. The van der Waals surface area contributed by atoms with Gasteiger partial charge in [0, 0.05) is 18.7 Å². The average molecular weight is 294 g/mol. The molecule has 0 saturated heterocycles. The van der Waals surface area contributed by atoms with E-state index in [2.05, 4.69) is 10.6 Å². The molecule has 0 unspecified atom stereocenters. The fraction of sp³-hybridized carbons (Fsp3) is 0.429. The Bertz CT molecular complexity index is 532. The third kappa shape index (κ3) is 4.09. The number of benzene rings is 1. The van der Waals surface area contributed by atoms with Gasteiger partial charge in [-0.05, 0) is 25.1 Å². The van der Waals surface area contributed by atoms with Crippen LogP contribution in [0.5, 0.6) is 11.5 Å². The molecule has 0 spiro atoms. The average Bonchev–Trinajstić information content (AvgIpc) is 2.92. The lowest BCUT2D eigenvalue weighted by Gasteiger charge is -2.13. The molecule has 21 heavy (non-hydrogen) atoms. The van der Waals surface area contributed by atoms with Crippen LogP contribution < -0.4 is 20.1 Å². The molecular weight excluding hydrogens is 276 g/mol. The number of methoxy groups -OCH3 is 1. The van der Waals surface area contributed by atoms with Crippen molar-refractivity contribution in [1.29, 1.82) is 0 Å². The Morgan fingerprint density at radius 1 is 1.33 bits per heavy atom. The first-order valence-electron chi connectivity index (χ1n) is 6.56. The van der Waals surface area contributed by atoms with Gasteiger partial charge in [0.15, 0.2) is 11.5 Å². The van der Waals surface area contributed by atoms with Gasteiger partial charge in [-0.25, -0.2) is 0 Å². The lowest BCUT2D eigenvalue weighted by atomic mass is 10.2. The van der Waals surface area contributed by atoms with E-state index in [0.29, 0.717) is 23.7 Å². The summed E-state index contributed by atoms with van der Waals surface area (Å²) >= 11 is 0. The van der Waals surface area contributed by atoms with E-state index in [0.717, 1.165) is 0 Å². The minimum absolute atomic E-state index is 0.0959. The molecule has 1 atom stereocenters. The monoisotopic (exact) mass is 294 g/mol. The highest BCUT2D eigenvalue weighted by Gasteiger charge is 2.16. The lowest BCUT2D eigenvalue weighted by Crippen LogP contribution is -2.42. The summed E-state index contributed by atoms with van der Waals surface area (Å²) in [6.07, 6.45) is 0. The smallest absolute Gasteiger partial charge is 0.251 e. The van der Waals surface area contributed by atoms with Crippen LogP contribution in [0.25, 0.3) is 0 Å². The molecular formula is C14H18N2O5. The van der Waals surface area contributed by atoms with E-state index in [-0.39, 0.29) is 31.2 Å². The maximum absolute atomic E-state index is 11.9. The van der Waals surface area contributed by atoms with Crippen molar-refractivity contribution in [3.63, 3.8) is 0 Å². The van der Waals surface area contributed by atoms with Crippen LogP contribution in [0, 0.1) is 0 Å². The first kappa shape index (κ1) is 15.1. The summed E-state index contributed by atoms with van der Waals surface area (Å²) in [6, 6.07) is 4.76. The highest BCUT2D eigenvalue weighted by molar-refractivity contribution is 5.97. The van der Waals surface area contributed by atoms with Crippen LogP contribution in [0.1, 0.15) is 17.3 Å². The fourth-order valence-corrected chi connectivity index (χ4v) is 1.92. The van der Waals surface area contributed by atoms with E-state index in [9.17, 15) is 9.59 Å². The number of hydrogen-bond donors (Lipinski definition) is 2. The second-order valence-electron chi connectivity index (χ2n) is 4.67. The molecule has 7 heteroatoms. The summed E-state index contributed by atoms with van der Waals surface area (Å²) in [6.45, 7) is 2.30. The Morgan fingerprint density at radius 3 is 2.86 bits per heavy atom. The van der Waals surface area contributed by atoms with Crippen molar-refractivity contribution in [3.05, 3.63) is 23.8 Å². The van der Waals surface area contributed by atoms with Crippen LogP contribution >= 0.6 is 0 Å². The summed E-state index contributed by atoms with van der Waals surface area (Å²) < 4.78 is 15.3. The molecule has 1 aliphatic rings. The van der Waals surface area contributed by atoms with Gasteiger partial charge < -0.3 is 24.8 Å². The Morgan fingerprint density at radius 2 is 2.10 bits per heavy atom. The third-order valence-corrected chi connectivity index (χ3v) is 2.87. The maximum Gasteiger partial charge on any atom is 0.251 e. The molecule has 1 aliphatic heterocycles. The van der Waals surface area contributed by atoms with Crippen molar-refractivity contribution < 1.29 is 23.8 Å². The summed E-state index contributed by atoms with van der Waals surface area (Å²) in [4.78, 5) is 23.6. The first-order chi connectivity index (χ1) is 10.1. The lowest BCUT2D eigenvalue weighted by molar-refractivity contribution is -0.121. The first-order valence-corrected chi connectivity index (χ1v) is 6.56. The van der Waals surface area contributed by atoms with Crippen LogP contribution in [-0.4, -0.2) is 44.9 Å². The van der Waals surface area contributed by atoms with Crippen molar-refractivity contribution in [2.45, 2.75) is 13.0 Å². The minimum atomic E-state index is -0.345. The number of hydrogen-bond acceptors (Lipinski definition) is 5. The van der Waals surface area contributed by atoms with Gasteiger partial charge >= 0.3 is 0 Å². The quantitative estimate of drug-likeness (QED) is 0.788. The van der Waals surface area contributed by atoms with Crippen LogP contribution in [0.4, 0.5) is 0 Å². The number of nitrogens with one attached hydrogen (secondary N) is 2.